The van der Waals surface area contributed by atoms with E-state index in [0.29, 0.717) is 5.56 Å². The number of rotatable bonds is 5. The summed E-state index contributed by atoms with van der Waals surface area (Å²) in [7, 11) is 1.47. The van der Waals surface area contributed by atoms with Crippen LogP contribution in [0.3, 0.4) is 0 Å². The summed E-state index contributed by atoms with van der Waals surface area (Å²) in [5.41, 5.74) is 1.23. The fraction of sp³-hybridized carbons (Fsp3) is 0.294. The smallest absolute Gasteiger partial charge is 0.327 e. The highest BCUT2D eigenvalue weighted by atomic mass is 16.5. The van der Waals surface area contributed by atoms with Crippen molar-refractivity contribution in [2.24, 2.45) is 0 Å². The van der Waals surface area contributed by atoms with Crippen molar-refractivity contribution < 1.29 is 23.9 Å². The van der Waals surface area contributed by atoms with E-state index in [1.165, 1.54) is 18.9 Å². The largest absolute Gasteiger partial charge is 0.453 e. The first-order valence-corrected chi connectivity index (χ1v) is 7.73. The van der Waals surface area contributed by atoms with Crippen molar-refractivity contribution in [2.45, 2.75) is 13.0 Å². The predicted octanol–water partition coefficient (Wildman–Crippen LogP) is 1.18. The summed E-state index contributed by atoms with van der Waals surface area (Å²) in [4.78, 5) is 52.9. The minimum absolute atomic E-state index is 0.0735. The van der Waals surface area contributed by atoms with Gasteiger partial charge in [-0.1, -0.05) is 18.2 Å². The number of hydrogen-bond acceptors (Lipinski definition) is 5. The van der Waals surface area contributed by atoms with E-state index in [4.69, 9.17) is 4.74 Å². The van der Waals surface area contributed by atoms with Gasteiger partial charge in [-0.2, -0.15) is 0 Å². The lowest BCUT2D eigenvalue weighted by molar-refractivity contribution is -0.149. The van der Waals surface area contributed by atoms with Gasteiger partial charge in [0.15, 0.2) is 6.10 Å². The molecule has 2 heterocycles. The average molecular weight is 343 g/mol. The second-order valence-corrected chi connectivity index (χ2v) is 5.86. The molecule has 1 aromatic carbocycles. The van der Waals surface area contributed by atoms with E-state index in [1.54, 1.807) is 12.3 Å². The molecule has 1 fully saturated rings. The number of imide groups is 1. The normalized spacial score (nSPS) is 15.8. The van der Waals surface area contributed by atoms with Crippen molar-refractivity contribution in [2.75, 3.05) is 20.1 Å². The molecule has 0 spiro atoms. The maximum atomic E-state index is 12.5. The molecule has 1 atom stereocenters. The number of amides is 3. The monoisotopic (exact) mass is 343 g/mol. The SMILES string of the molecule is C[C@@H](OC(=O)CN1C(=O)CN(C)C1=O)C(=O)c1c[nH]c2ccccc12. The summed E-state index contributed by atoms with van der Waals surface area (Å²) >= 11 is 0. The van der Waals surface area contributed by atoms with Crippen LogP contribution in [0.1, 0.15) is 17.3 Å². The van der Waals surface area contributed by atoms with E-state index in [-0.39, 0.29) is 12.3 Å². The fourth-order valence-corrected chi connectivity index (χ4v) is 2.74. The Balaban J connectivity index is 1.66. The highest BCUT2D eigenvalue weighted by Crippen LogP contribution is 2.20. The van der Waals surface area contributed by atoms with E-state index in [1.807, 2.05) is 18.2 Å². The number of H-pyrrole nitrogens is 1. The molecule has 1 aliphatic heterocycles. The second kappa shape index (κ2) is 6.39. The minimum Gasteiger partial charge on any atom is -0.453 e. The fourth-order valence-electron chi connectivity index (χ4n) is 2.74. The van der Waals surface area contributed by atoms with Crippen LogP contribution in [0, 0.1) is 0 Å². The number of aromatic nitrogens is 1. The van der Waals surface area contributed by atoms with E-state index in [2.05, 4.69) is 4.98 Å². The molecule has 1 aliphatic rings. The maximum Gasteiger partial charge on any atom is 0.327 e. The molecule has 0 saturated carbocycles. The first-order chi connectivity index (χ1) is 11.9. The number of ketones is 1. The molecule has 25 heavy (non-hydrogen) atoms. The number of esters is 1. The Labute approximate surface area is 143 Å². The van der Waals surface area contributed by atoms with Gasteiger partial charge in [-0.3, -0.25) is 19.3 Å². The summed E-state index contributed by atoms with van der Waals surface area (Å²) in [6.07, 6.45) is 0.539. The minimum atomic E-state index is -1.03. The number of urea groups is 1. The van der Waals surface area contributed by atoms with Crippen molar-refractivity contribution in [3.05, 3.63) is 36.0 Å². The van der Waals surface area contributed by atoms with Crippen molar-refractivity contribution in [3.63, 3.8) is 0 Å². The summed E-state index contributed by atoms with van der Waals surface area (Å²) < 4.78 is 5.11. The number of likely N-dealkylation sites (N-methyl/N-ethyl adjacent to an activating group) is 1. The molecule has 8 heteroatoms. The van der Waals surface area contributed by atoms with Crippen molar-refractivity contribution in [3.8, 4) is 0 Å². The number of aromatic amines is 1. The first kappa shape index (κ1) is 16.7. The number of para-hydroxylation sites is 1. The Morgan fingerprint density at radius 2 is 2.00 bits per heavy atom. The van der Waals surface area contributed by atoms with E-state index >= 15 is 0 Å². The van der Waals surface area contributed by atoms with Crippen LogP contribution in [0.5, 0.6) is 0 Å². The number of ether oxygens (including phenoxy) is 1. The van der Waals surface area contributed by atoms with Crippen LogP contribution in [0.25, 0.3) is 10.9 Å². The lowest BCUT2D eigenvalue weighted by Crippen LogP contribution is -2.38. The molecule has 130 valence electrons. The third kappa shape index (κ3) is 3.10. The summed E-state index contributed by atoms with van der Waals surface area (Å²) in [5.74, 6) is -1.64. The molecule has 0 radical (unpaired) electrons. The van der Waals surface area contributed by atoms with Gasteiger partial charge in [-0.25, -0.2) is 4.79 Å². The van der Waals surface area contributed by atoms with Crippen LogP contribution in [0.4, 0.5) is 4.79 Å². The first-order valence-electron chi connectivity index (χ1n) is 7.73. The van der Waals surface area contributed by atoms with Crippen LogP contribution < -0.4 is 0 Å². The Morgan fingerprint density at radius 3 is 2.68 bits per heavy atom. The van der Waals surface area contributed by atoms with Crippen molar-refractivity contribution in [1.29, 1.82) is 0 Å². The standard InChI is InChI=1S/C17H17N3O5/c1-10(16(23)12-7-18-13-6-4-3-5-11(12)13)25-15(22)9-20-14(21)8-19(2)17(20)24/h3-7,10,18H,8-9H2,1-2H3/t10-/m1/s1. The molecule has 1 aromatic heterocycles. The Bertz CT molecular complexity index is 872. The molecule has 2 aromatic rings. The number of fused-ring (bicyclic) bond motifs is 1. The molecule has 0 aliphatic carbocycles. The second-order valence-electron chi connectivity index (χ2n) is 5.86. The van der Waals surface area contributed by atoms with E-state index in [9.17, 15) is 19.2 Å². The van der Waals surface area contributed by atoms with Gasteiger partial charge in [0.1, 0.15) is 13.1 Å². The molecule has 8 nitrogen and oxygen atoms in total. The molecular weight excluding hydrogens is 326 g/mol. The van der Waals surface area contributed by atoms with Crippen LogP contribution >= 0.6 is 0 Å². The molecule has 1 saturated heterocycles. The summed E-state index contributed by atoms with van der Waals surface area (Å²) in [5, 5.41) is 0.738. The van der Waals surface area contributed by atoms with Crippen molar-refractivity contribution >= 4 is 34.6 Å². The lowest BCUT2D eigenvalue weighted by atomic mass is 10.1. The molecule has 3 amide bonds. The zero-order valence-electron chi connectivity index (χ0n) is 13.8. The van der Waals surface area contributed by atoms with Crippen LogP contribution in [-0.4, -0.2) is 64.7 Å². The summed E-state index contributed by atoms with van der Waals surface area (Å²) in [6, 6.07) is 6.73. The highest BCUT2D eigenvalue weighted by Gasteiger charge is 2.35. The number of benzene rings is 1. The van der Waals surface area contributed by atoms with Gasteiger partial charge >= 0.3 is 12.0 Å². The van der Waals surface area contributed by atoms with Gasteiger partial charge in [0.05, 0.1) is 0 Å². The quantitative estimate of drug-likeness (QED) is 0.499. The van der Waals surface area contributed by atoms with Gasteiger partial charge in [-0.05, 0) is 13.0 Å². The molecule has 0 bridgehead atoms. The van der Waals surface area contributed by atoms with Crippen molar-refractivity contribution in [1.82, 2.24) is 14.8 Å². The average Bonchev–Trinajstić information content (AvgIpc) is 3.11. The molecular formula is C17H17N3O5. The molecule has 3 rings (SSSR count). The number of carbonyl (C=O) groups is 4. The third-order valence-corrected chi connectivity index (χ3v) is 4.05. The van der Waals surface area contributed by atoms with Gasteiger partial charge in [0.2, 0.25) is 5.78 Å². The van der Waals surface area contributed by atoms with Crippen LogP contribution in [-0.2, 0) is 14.3 Å². The predicted molar refractivity (Wildman–Crippen MR) is 87.9 cm³/mol. The molecule has 1 N–H and O–H groups in total. The molecule has 0 unspecified atom stereocenters. The maximum absolute atomic E-state index is 12.5. The summed E-state index contributed by atoms with van der Waals surface area (Å²) in [6.45, 7) is 0.880. The van der Waals surface area contributed by atoms with E-state index in [0.717, 1.165) is 15.8 Å². The number of nitrogens with one attached hydrogen (secondary N) is 1. The van der Waals surface area contributed by atoms with Crippen LogP contribution in [0.2, 0.25) is 0 Å². The Kier molecular flexibility index (Phi) is 4.26. The highest BCUT2D eigenvalue weighted by molar-refractivity contribution is 6.10. The zero-order valence-corrected chi connectivity index (χ0v) is 13.8. The van der Waals surface area contributed by atoms with Gasteiger partial charge in [-0.15, -0.1) is 0 Å². The number of hydrogen-bond donors (Lipinski definition) is 1. The third-order valence-electron chi connectivity index (χ3n) is 4.05. The number of carbonyl (C=O) groups excluding carboxylic acids is 4. The van der Waals surface area contributed by atoms with Gasteiger partial charge in [0, 0.05) is 29.7 Å². The number of nitrogens with zero attached hydrogens (tertiary/aromatic N) is 2. The Morgan fingerprint density at radius 1 is 1.28 bits per heavy atom. The Hall–Kier alpha value is -3.16. The van der Waals surface area contributed by atoms with Crippen LogP contribution in [0.15, 0.2) is 30.5 Å². The number of Topliss-reactive ketones (excluding diaryl/α,β-unsaturated/α-hetero) is 1. The topological polar surface area (TPSA) is 99.8 Å². The van der Waals surface area contributed by atoms with Gasteiger partial charge in [0.25, 0.3) is 5.91 Å². The zero-order chi connectivity index (χ0) is 18.1. The van der Waals surface area contributed by atoms with Gasteiger partial charge < -0.3 is 14.6 Å². The lowest BCUT2D eigenvalue weighted by Gasteiger charge is -2.16. The van der Waals surface area contributed by atoms with E-state index < -0.39 is 30.6 Å².